The summed E-state index contributed by atoms with van der Waals surface area (Å²) in [4.78, 5) is 67.4. The fourth-order valence-electron chi connectivity index (χ4n) is 4.86. The predicted molar refractivity (Wildman–Crippen MR) is 134 cm³/mol. The van der Waals surface area contributed by atoms with E-state index in [1.54, 1.807) is 78.9 Å². The van der Waals surface area contributed by atoms with Crippen molar-refractivity contribution in [3.05, 3.63) is 95.6 Å². The lowest BCUT2D eigenvalue weighted by atomic mass is 9.97. The maximum absolute atomic E-state index is 13.4. The number of carbonyl (C=O) groups excluding carboxylic acids is 5. The van der Waals surface area contributed by atoms with Gasteiger partial charge in [-0.3, -0.25) is 24.1 Å². The number of rotatable bonds is 6. The molecule has 3 aromatic rings. The quantitative estimate of drug-likeness (QED) is 0.414. The van der Waals surface area contributed by atoms with Gasteiger partial charge in [0.2, 0.25) is 11.6 Å². The molecule has 1 saturated heterocycles. The minimum atomic E-state index is -1.68. The number of ketones is 1. The molecule has 186 valence electrons. The van der Waals surface area contributed by atoms with Gasteiger partial charge in [-0.2, -0.15) is 0 Å². The van der Waals surface area contributed by atoms with Gasteiger partial charge in [0.15, 0.2) is 12.4 Å². The van der Waals surface area contributed by atoms with E-state index >= 15 is 0 Å². The van der Waals surface area contributed by atoms with Crippen LogP contribution in [0.5, 0.6) is 0 Å². The number of carbonyl (C=O) groups is 5. The molecule has 9 heteroatoms. The standard InChI is InChI=1S/C28H23N3O6/c1-30-26(35)20-12-6-8-14-22(20)31-24(33)15-16-28(30,31)27(36)37-17-23(32)29-21-13-7-5-11-19(21)25(34)18-9-3-2-4-10-18/h2-14H,15-17H2,1H3,(H,29,32). The monoisotopic (exact) mass is 497 g/mol. The van der Waals surface area contributed by atoms with Gasteiger partial charge >= 0.3 is 5.97 Å². The Kier molecular flexibility index (Phi) is 6.04. The van der Waals surface area contributed by atoms with Gasteiger partial charge in [-0.25, -0.2) is 4.79 Å². The highest BCUT2D eigenvalue weighted by Crippen LogP contribution is 2.44. The van der Waals surface area contributed by atoms with E-state index in [2.05, 4.69) is 5.32 Å². The molecule has 37 heavy (non-hydrogen) atoms. The normalized spacial score (nSPS) is 18.2. The molecule has 3 aromatic carbocycles. The Labute approximate surface area is 212 Å². The van der Waals surface area contributed by atoms with Crippen molar-refractivity contribution in [2.75, 3.05) is 23.9 Å². The molecule has 0 radical (unpaired) electrons. The zero-order valence-corrected chi connectivity index (χ0v) is 20.0. The fraction of sp³-hybridized carbons (Fsp3) is 0.179. The Morgan fingerprint density at radius 2 is 1.59 bits per heavy atom. The van der Waals surface area contributed by atoms with Crippen LogP contribution in [0.2, 0.25) is 0 Å². The van der Waals surface area contributed by atoms with Crippen LogP contribution >= 0.6 is 0 Å². The van der Waals surface area contributed by atoms with Crippen molar-refractivity contribution < 1.29 is 28.7 Å². The first-order valence-electron chi connectivity index (χ1n) is 11.7. The van der Waals surface area contributed by atoms with Gasteiger partial charge < -0.3 is 15.0 Å². The second kappa shape index (κ2) is 9.34. The van der Waals surface area contributed by atoms with Crippen LogP contribution in [0.4, 0.5) is 11.4 Å². The van der Waals surface area contributed by atoms with Crippen molar-refractivity contribution in [3.63, 3.8) is 0 Å². The zero-order chi connectivity index (χ0) is 26.2. The van der Waals surface area contributed by atoms with E-state index in [1.807, 2.05) is 0 Å². The summed E-state index contributed by atoms with van der Waals surface area (Å²) in [5, 5.41) is 2.62. The molecule has 0 saturated carbocycles. The smallest absolute Gasteiger partial charge is 0.354 e. The highest BCUT2D eigenvalue weighted by Gasteiger charge is 2.60. The molecular weight excluding hydrogens is 474 g/mol. The minimum absolute atomic E-state index is 0.0390. The molecule has 0 aromatic heterocycles. The third-order valence-corrected chi connectivity index (χ3v) is 6.68. The van der Waals surface area contributed by atoms with Crippen molar-refractivity contribution in [3.8, 4) is 0 Å². The second-order valence-electron chi connectivity index (χ2n) is 8.79. The topological polar surface area (TPSA) is 113 Å². The highest BCUT2D eigenvalue weighted by atomic mass is 16.5. The van der Waals surface area contributed by atoms with Gasteiger partial charge in [-0.1, -0.05) is 54.6 Å². The van der Waals surface area contributed by atoms with E-state index in [9.17, 15) is 24.0 Å². The van der Waals surface area contributed by atoms with Crippen LogP contribution in [0.3, 0.4) is 0 Å². The van der Waals surface area contributed by atoms with E-state index in [1.165, 1.54) is 16.8 Å². The van der Waals surface area contributed by atoms with Gasteiger partial charge in [-0.15, -0.1) is 0 Å². The van der Waals surface area contributed by atoms with E-state index in [0.717, 1.165) is 0 Å². The summed E-state index contributed by atoms with van der Waals surface area (Å²) in [6, 6.07) is 21.7. The predicted octanol–water partition coefficient (Wildman–Crippen LogP) is 3.01. The number of para-hydroxylation sites is 2. The van der Waals surface area contributed by atoms with E-state index < -0.39 is 30.1 Å². The molecule has 2 aliphatic rings. The second-order valence-corrected chi connectivity index (χ2v) is 8.79. The molecule has 0 bridgehead atoms. The van der Waals surface area contributed by atoms with Gasteiger partial charge in [0.25, 0.3) is 11.8 Å². The summed E-state index contributed by atoms with van der Waals surface area (Å²) in [5.41, 5.74) is -0.0138. The number of likely N-dealkylation sites (N-methyl/N-ethyl adjacent to an activating group) is 1. The van der Waals surface area contributed by atoms with Crippen molar-refractivity contribution in [2.45, 2.75) is 18.5 Å². The summed E-state index contributed by atoms with van der Waals surface area (Å²) in [5.74, 6) is -2.56. The third-order valence-electron chi connectivity index (χ3n) is 6.68. The first-order valence-corrected chi connectivity index (χ1v) is 11.7. The molecular formula is C28H23N3O6. The van der Waals surface area contributed by atoms with Gasteiger partial charge in [0.05, 0.1) is 16.9 Å². The summed E-state index contributed by atoms with van der Waals surface area (Å²) < 4.78 is 5.36. The Morgan fingerprint density at radius 3 is 2.38 bits per heavy atom. The van der Waals surface area contributed by atoms with Crippen LogP contribution in [0, 0.1) is 0 Å². The van der Waals surface area contributed by atoms with E-state index in [-0.39, 0.29) is 35.8 Å². The Hall–Kier alpha value is -4.79. The average Bonchev–Trinajstić information content (AvgIpc) is 3.29. The SMILES string of the molecule is CN1C(=O)c2ccccc2N2C(=O)CCC12C(=O)OCC(=O)Nc1ccccc1C(=O)c1ccccc1. The Balaban J connectivity index is 1.34. The number of ether oxygens (including phenoxy) is 1. The lowest BCUT2D eigenvalue weighted by Gasteiger charge is -2.46. The maximum Gasteiger partial charge on any atom is 0.354 e. The lowest BCUT2D eigenvalue weighted by Crippen LogP contribution is -2.67. The lowest BCUT2D eigenvalue weighted by molar-refractivity contribution is -0.158. The maximum atomic E-state index is 13.4. The largest absolute Gasteiger partial charge is 0.452 e. The number of nitrogens with zero attached hydrogens (tertiary/aromatic N) is 2. The summed E-state index contributed by atoms with van der Waals surface area (Å²) in [6.07, 6.45) is 0.0828. The number of anilines is 2. The molecule has 2 aliphatic heterocycles. The first-order chi connectivity index (χ1) is 17.8. The molecule has 5 rings (SSSR count). The van der Waals surface area contributed by atoms with Crippen LogP contribution in [0.25, 0.3) is 0 Å². The Morgan fingerprint density at radius 1 is 0.919 bits per heavy atom. The van der Waals surface area contributed by atoms with Crippen molar-refractivity contribution >= 4 is 40.8 Å². The highest BCUT2D eigenvalue weighted by molar-refractivity contribution is 6.16. The molecule has 1 atom stereocenters. The number of amides is 3. The first kappa shape index (κ1) is 23.9. The van der Waals surface area contributed by atoms with Gasteiger partial charge in [0, 0.05) is 31.0 Å². The van der Waals surface area contributed by atoms with Crippen LogP contribution in [0.15, 0.2) is 78.9 Å². The van der Waals surface area contributed by atoms with E-state index in [0.29, 0.717) is 16.8 Å². The van der Waals surface area contributed by atoms with Gasteiger partial charge in [-0.05, 0) is 24.3 Å². The molecule has 9 nitrogen and oxygen atoms in total. The summed E-state index contributed by atoms with van der Waals surface area (Å²) >= 11 is 0. The fourth-order valence-corrected chi connectivity index (χ4v) is 4.86. The molecule has 3 amide bonds. The number of benzene rings is 3. The Bertz CT molecular complexity index is 1440. The summed E-state index contributed by atoms with van der Waals surface area (Å²) in [7, 11) is 1.44. The molecule has 0 spiro atoms. The van der Waals surface area contributed by atoms with E-state index in [4.69, 9.17) is 4.74 Å². The van der Waals surface area contributed by atoms with Crippen molar-refractivity contribution in [2.24, 2.45) is 0 Å². The third kappa shape index (κ3) is 3.94. The molecule has 1 N–H and O–H groups in total. The summed E-state index contributed by atoms with van der Waals surface area (Å²) in [6.45, 7) is -0.667. The number of hydrogen-bond donors (Lipinski definition) is 1. The van der Waals surface area contributed by atoms with Crippen LogP contribution in [-0.4, -0.2) is 53.7 Å². The molecule has 2 heterocycles. The van der Waals surface area contributed by atoms with Crippen LogP contribution in [-0.2, 0) is 19.1 Å². The van der Waals surface area contributed by atoms with Gasteiger partial charge in [0.1, 0.15) is 0 Å². The molecule has 1 unspecified atom stereocenters. The average molecular weight is 498 g/mol. The van der Waals surface area contributed by atoms with Crippen LogP contribution in [0.1, 0.15) is 39.1 Å². The molecule has 0 aliphatic carbocycles. The number of esters is 1. The zero-order valence-electron chi connectivity index (χ0n) is 20.0. The van der Waals surface area contributed by atoms with Crippen molar-refractivity contribution in [1.29, 1.82) is 0 Å². The number of hydrogen-bond acceptors (Lipinski definition) is 6. The number of nitrogens with one attached hydrogen (secondary N) is 1. The molecule has 1 fully saturated rings. The van der Waals surface area contributed by atoms with Crippen LogP contribution < -0.4 is 10.2 Å². The minimum Gasteiger partial charge on any atom is -0.452 e. The van der Waals surface area contributed by atoms with Crippen molar-refractivity contribution in [1.82, 2.24) is 4.90 Å². The number of fused-ring (bicyclic) bond motifs is 3.